The lowest BCUT2D eigenvalue weighted by Crippen LogP contribution is -2.53. The second-order valence-electron chi connectivity index (χ2n) is 5.83. The van der Waals surface area contributed by atoms with E-state index >= 15 is 0 Å². The Bertz CT molecular complexity index is 586. The van der Waals surface area contributed by atoms with Crippen LogP contribution in [0.2, 0.25) is 0 Å². The molecule has 1 aliphatic rings. The van der Waals surface area contributed by atoms with Crippen LogP contribution in [-0.4, -0.2) is 55.5 Å². The average molecular weight is 464 g/mol. The van der Waals surface area contributed by atoms with Crippen LogP contribution in [0.25, 0.3) is 0 Å². The smallest absolute Gasteiger partial charge is 0.193 e. The molecule has 0 spiro atoms. The van der Waals surface area contributed by atoms with E-state index in [4.69, 9.17) is 0 Å². The van der Waals surface area contributed by atoms with Crippen LogP contribution in [0, 0.1) is 11.6 Å². The zero-order valence-corrected chi connectivity index (χ0v) is 17.2. The Morgan fingerprint density at radius 3 is 2.52 bits per heavy atom. The van der Waals surface area contributed by atoms with Gasteiger partial charge in [0.1, 0.15) is 11.6 Å². The van der Waals surface area contributed by atoms with Crippen molar-refractivity contribution in [1.29, 1.82) is 0 Å². The van der Waals surface area contributed by atoms with Crippen molar-refractivity contribution in [3.63, 3.8) is 0 Å². The standard InChI is InChI=1S/C18H26F2N4.HI/c1-4-8-22-18(21-3)24-11-9-23(10-12-24)17(5-2)15-7-6-14(19)13-16(15)20;/h4,6-7,13,17H,1,5,8-12H2,2-3H3,(H,21,22);1H. The van der Waals surface area contributed by atoms with Gasteiger partial charge in [0.05, 0.1) is 0 Å². The number of aliphatic imine (C=N–C) groups is 1. The lowest BCUT2D eigenvalue weighted by atomic mass is 10.0. The van der Waals surface area contributed by atoms with Gasteiger partial charge in [-0.25, -0.2) is 8.78 Å². The first kappa shape index (κ1) is 21.8. The summed E-state index contributed by atoms with van der Waals surface area (Å²) in [7, 11) is 1.76. The van der Waals surface area contributed by atoms with Crippen molar-refractivity contribution < 1.29 is 8.78 Å². The van der Waals surface area contributed by atoms with E-state index < -0.39 is 11.6 Å². The molecule has 1 N–H and O–H groups in total. The first-order chi connectivity index (χ1) is 11.6. The first-order valence-corrected chi connectivity index (χ1v) is 8.36. The van der Waals surface area contributed by atoms with Crippen molar-refractivity contribution in [2.75, 3.05) is 39.8 Å². The summed E-state index contributed by atoms with van der Waals surface area (Å²) in [5, 5.41) is 3.23. The van der Waals surface area contributed by atoms with Crippen LogP contribution in [0.1, 0.15) is 24.9 Å². The molecule has 1 aromatic carbocycles. The van der Waals surface area contributed by atoms with E-state index in [1.807, 2.05) is 6.92 Å². The lowest BCUT2D eigenvalue weighted by molar-refractivity contribution is 0.125. The number of benzene rings is 1. The first-order valence-electron chi connectivity index (χ1n) is 8.36. The lowest BCUT2D eigenvalue weighted by Gasteiger charge is -2.40. The molecule has 1 aliphatic heterocycles. The van der Waals surface area contributed by atoms with Gasteiger partial charge < -0.3 is 10.2 Å². The molecule has 1 unspecified atom stereocenters. The topological polar surface area (TPSA) is 30.9 Å². The van der Waals surface area contributed by atoms with Gasteiger partial charge in [0.15, 0.2) is 5.96 Å². The molecule has 0 bridgehead atoms. The number of hydrogen-bond donors (Lipinski definition) is 1. The Morgan fingerprint density at radius 2 is 2.00 bits per heavy atom. The molecule has 140 valence electrons. The fraction of sp³-hybridized carbons (Fsp3) is 0.500. The van der Waals surface area contributed by atoms with E-state index in [1.54, 1.807) is 19.2 Å². The van der Waals surface area contributed by atoms with Crippen molar-refractivity contribution in [3.8, 4) is 0 Å². The van der Waals surface area contributed by atoms with Crippen molar-refractivity contribution in [2.45, 2.75) is 19.4 Å². The molecular formula is C18H27F2IN4. The Labute approximate surface area is 166 Å². The second-order valence-corrected chi connectivity index (χ2v) is 5.83. The Hall–Kier alpha value is -1.22. The van der Waals surface area contributed by atoms with Gasteiger partial charge in [0.25, 0.3) is 0 Å². The van der Waals surface area contributed by atoms with Gasteiger partial charge in [0, 0.05) is 57.4 Å². The molecule has 1 saturated heterocycles. The molecule has 0 radical (unpaired) electrons. The fourth-order valence-corrected chi connectivity index (χ4v) is 3.19. The normalized spacial score (nSPS) is 17.0. The van der Waals surface area contributed by atoms with Gasteiger partial charge in [-0.3, -0.25) is 9.89 Å². The van der Waals surface area contributed by atoms with E-state index in [9.17, 15) is 8.78 Å². The van der Waals surface area contributed by atoms with E-state index in [-0.39, 0.29) is 30.0 Å². The van der Waals surface area contributed by atoms with E-state index in [0.717, 1.165) is 44.6 Å². The Kier molecular flexibility index (Phi) is 9.34. The van der Waals surface area contributed by atoms with Crippen molar-refractivity contribution in [1.82, 2.24) is 15.1 Å². The minimum Gasteiger partial charge on any atom is -0.353 e. The minimum absolute atomic E-state index is 0. The van der Waals surface area contributed by atoms with Crippen LogP contribution >= 0.6 is 24.0 Å². The van der Waals surface area contributed by atoms with Crippen LogP contribution in [-0.2, 0) is 0 Å². The summed E-state index contributed by atoms with van der Waals surface area (Å²) in [6.07, 6.45) is 2.58. The summed E-state index contributed by atoms with van der Waals surface area (Å²) >= 11 is 0. The van der Waals surface area contributed by atoms with Gasteiger partial charge in [-0.1, -0.05) is 19.1 Å². The third kappa shape index (κ3) is 5.64. The van der Waals surface area contributed by atoms with Gasteiger partial charge in [-0.2, -0.15) is 0 Å². The summed E-state index contributed by atoms with van der Waals surface area (Å²) in [6.45, 7) is 9.65. The molecule has 1 aromatic rings. The van der Waals surface area contributed by atoms with Crippen molar-refractivity contribution in [2.24, 2.45) is 4.99 Å². The van der Waals surface area contributed by atoms with Gasteiger partial charge in [0.2, 0.25) is 0 Å². The molecule has 0 saturated carbocycles. The number of halogens is 3. The van der Waals surface area contributed by atoms with Crippen LogP contribution < -0.4 is 5.32 Å². The van der Waals surface area contributed by atoms with Gasteiger partial charge >= 0.3 is 0 Å². The largest absolute Gasteiger partial charge is 0.353 e. The summed E-state index contributed by atoms with van der Waals surface area (Å²) in [5.74, 6) is -0.142. The molecule has 1 fully saturated rings. The van der Waals surface area contributed by atoms with Crippen LogP contribution in [0.15, 0.2) is 35.8 Å². The average Bonchev–Trinajstić information content (AvgIpc) is 2.59. The maximum Gasteiger partial charge on any atom is 0.193 e. The van der Waals surface area contributed by atoms with E-state index in [1.165, 1.54) is 6.07 Å². The highest BCUT2D eigenvalue weighted by Crippen LogP contribution is 2.27. The van der Waals surface area contributed by atoms with Gasteiger partial charge in [-0.15, -0.1) is 30.6 Å². The highest BCUT2D eigenvalue weighted by Gasteiger charge is 2.26. The molecule has 1 atom stereocenters. The summed E-state index contributed by atoms with van der Waals surface area (Å²) in [4.78, 5) is 8.73. The second kappa shape index (κ2) is 10.7. The fourth-order valence-electron chi connectivity index (χ4n) is 3.19. The molecule has 0 amide bonds. The predicted molar refractivity (Wildman–Crippen MR) is 110 cm³/mol. The number of guanidine groups is 1. The molecule has 7 heteroatoms. The SMILES string of the molecule is C=CCNC(=NC)N1CCN(C(CC)c2ccc(F)cc2F)CC1.I. The number of nitrogens with zero attached hydrogens (tertiary/aromatic N) is 3. The molecule has 0 aliphatic carbocycles. The number of rotatable bonds is 5. The van der Waals surface area contributed by atoms with E-state index in [0.29, 0.717) is 12.1 Å². The molecule has 2 rings (SSSR count). The predicted octanol–water partition coefficient (Wildman–Crippen LogP) is 3.41. The molecule has 4 nitrogen and oxygen atoms in total. The molecule has 1 heterocycles. The highest BCUT2D eigenvalue weighted by atomic mass is 127. The van der Waals surface area contributed by atoms with Crippen molar-refractivity contribution in [3.05, 3.63) is 48.1 Å². The Balaban J connectivity index is 0.00000312. The van der Waals surface area contributed by atoms with E-state index in [2.05, 4.69) is 26.7 Å². The molecule has 25 heavy (non-hydrogen) atoms. The summed E-state index contributed by atoms with van der Waals surface area (Å²) in [6, 6.07) is 3.83. The number of piperazine rings is 1. The van der Waals surface area contributed by atoms with Crippen LogP contribution in [0.5, 0.6) is 0 Å². The third-order valence-corrected chi connectivity index (χ3v) is 4.38. The Morgan fingerprint density at radius 1 is 1.32 bits per heavy atom. The maximum atomic E-state index is 14.1. The third-order valence-electron chi connectivity index (χ3n) is 4.38. The summed E-state index contributed by atoms with van der Waals surface area (Å²) < 4.78 is 27.3. The molecule has 0 aromatic heterocycles. The number of hydrogen-bond acceptors (Lipinski definition) is 2. The van der Waals surface area contributed by atoms with Crippen LogP contribution in [0.3, 0.4) is 0 Å². The van der Waals surface area contributed by atoms with Crippen LogP contribution in [0.4, 0.5) is 8.78 Å². The maximum absolute atomic E-state index is 14.1. The monoisotopic (exact) mass is 464 g/mol. The molecular weight excluding hydrogens is 437 g/mol. The quantitative estimate of drug-likeness (QED) is 0.314. The summed E-state index contributed by atoms with van der Waals surface area (Å²) in [5.41, 5.74) is 0.571. The zero-order chi connectivity index (χ0) is 17.5. The minimum atomic E-state index is -0.534. The zero-order valence-electron chi connectivity index (χ0n) is 14.8. The number of nitrogens with one attached hydrogen (secondary N) is 1. The van der Waals surface area contributed by atoms with Crippen molar-refractivity contribution >= 4 is 29.9 Å². The van der Waals surface area contributed by atoms with Gasteiger partial charge in [-0.05, 0) is 12.5 Å². The highest BCUT2D eigenvalue weighted by molar-refractivity contribution is 14.0.